The molecule has 27 heavy (non-hydrogen) atoms. The minimum Gasteiger partial charge on any atom is -0.324 e. The summed E-state index contributed by atoms with van der Waals surface area (Å²) in [7, 11) is 0. The van der Waals surface area contributed by atoms with E-state index < -0.39 is 0 Å². The van der Waals surface area contributed by atoms with Gasteiger partial charge in [0, 0.05) is 12.1 Å². The number of fused-ring (bicyclic) bond motifs is 1. The quantitative estimate of drug-likeness (QED) is 0.739. The monoisotopic (exact) mass is 359 g/mol. The number of aryl methyl sites for hydroxylation is 1. The molecule has 3 aromatic rings. The maximum atomic E-state index is 11.7. The SMILES string of the molecule is CCC(=O)Nc1nc2n(n1)[C@H](c1ccc(C)cc1)C=C(c1ccccc1)N2. The Morgan fingerprint density at radius 1 is 1.15 bits per heavy atom. The minimum absolute atomic E-state index is 0.110. The molecular formula is C21H21N5O. The van der Waals surface area contributed by atoms with Crippen LogP contribution in [0.15, 0.2) is 60.7 Å². The maximum absolute atomic E-state index is 11.7. The number of carbonyl (C=O) groups is 1. The Balaban J connectivity index is 1.77. The van der Waals surface area contributed by atoms with E-state index in [1.807, 2.05) is 22.9 Å². The second-order valence-electron chi connectivity index (χ2n) is 6.53. The summed E-state index contributed by atoms with van der Waals surface area (Å²) in [4.78, 5) is 16.2. The largest absolute Gasteiger partial charge is 0.324 e. The number of benzene rings is 2. The van der Waals surface area contributed by atoms with Crippen LogP contribution in [0.1, 0.15) is 36.1 Å². The number of nitrogens with one attached hydrogen (secondary N) is 2. The molecule has 1 atom stereocenters. The number of aromatic nitrogens is 3. The highest BCUT2D eigenvalue weighted by molar-refractivity contribution is 5.89. The van der Waals surface area contributed by atoms with Gasteiger partial charge in [0.1, 0.15) is 6.04 Å². The van der Waals surface area contributed by atoms with Crippen LogP contribution in [0.4, 0.5) is 11.9 Å². The van der Waals surface area contributed by atoms with Crippen molar-refractivity contribution in [3.63, 3.8) is 0 Å². The molecule has 0 unspecified atom stereocenters. The summed E-state index contributed by atoms with van der Waals surface area (Å²) in [5.74, 6) is 0.804. The van der Waals surface area contributed by atoms with Crippen LogP contribution >= 0.6 is 0 Å². The van der Waals surface area contributed by atoms with Gasteiger partial charge in [0.05, 0.1) is 0 Å². The maximum Gasteiger partial charge on any atom is 0.250 e. The average Bonchev–Trinajstić information content (AvgIpc) is 3.10. The van der Waals surface area contributed by atoms with E-state index in [0.29, 0.717) is 18.3 Å². The molecule has 2 heterocycles. The van der Waals surface area contributed by atoms with Crippen LogP contribution in [0.3, 0.4) is 0 Å². The van der Waals surface area contributed by atoms with E-state index in [9.17, 15) is 4.79 Å². The van der Waals surface area contributed by atoms with Crippen molar-refractivity contribution in [1.29, 1.82) is 0 Å². The van der Waals surface area contributed by atoms with E-state index in [4.69, 9.17) is 0 Å². The molecule has 2 aromatic carbocycles. The van der Waals surface area contributed by atoms with Crippen LogP contribution in [0.25, 0.3) is 5.70 Å². The molecule has 0 saturated carbocycles. The topological polar surface area (TPSA) is 71.8 Å². The molecule has 1 amide bonds. The molecule has 0 radical (unpaired) electrons. The fraction of sp³-hybridized carbons (Fsp3) is 0.190. The molecule has 1 aliphatic heterocycles. The molecule has 1 aromatic heterocycles. The lowest BCUT2D eigenvalue weighted by atomic mass is 10.0. The zero-order valence-corrected chi connectivity index (χ0v) is 15.3. The number of rotatable bonds is 4. The number of anilines is 2. The van der Waals surface area contributed by atoms with Crippen LogP contribution in [-0.2, 0) is 4.79 Å². The van der Waals surface area contributed by atoms with Crippen molar-refractivity contribution < 1.29 is 4.79 Å². The fourth-order valence-electron chi connectivity index (χ4n) is 3.05. The Morgan fingerprint density at radius 2 is 1.89 bits per heavy atom. The summed E-state index contributed by atoms with van der Waals surface area (Å²) in [6, 6.07) is 18.4. The lowest BCUT2D eigenvalue weighted by Gasteiger charge is -2.24. The molecule has 4 rings (SSSR count). The molecule has 136 valence electrons. The molecule has 6 nitrogen and oxygen atoms in total. The lowest BCUT2D eigenvalue weighted by Crippen LogP contribution is -2.20. The van der Waals surface area contributed by atoms with Gasteiger partial charge in [-0.05, 0) is 24.1 Å². The Bertz CT molecular complexity index is 989. The van der Waals surface area contributed by atoms with Gasteiger partial charge >= 0.3 is 0 Å². The number of hydrogen-bond donors (Lipinski definition) is 2. The molecule has 0 bridgehead atoms. The Morgan fingerprint density at radius 3 is 2.59 bits per heavy atom. The van der Waals surface area contributed by atoms with Crippen LogP contribution in [0.2, 0.25) is 0 Å². The third-order valence-electron chi connectivity index (χ3n) is 4.54. The zero-order valence-electron chi connectivity index (χ0n) is 15.3. The van der Waals surface area contributed by atoms with Gasteiger partial charge in [0.25, 0.3) is 5.95 Å². The van der Waals surface area contributed by atoms with Crippen molar-refractivity contribution in [3.05, 3.63) is 77.4 Å². The zero-order chi connectivity index (χ0) is 18.8. The molecule has 0 aliphatic carbocycles. The highest BCUT2D eigenvalue weighted by Gasteiger charge is 2.25. The summed E-state index contributed by atoms with van der Waals surface area (Å²) in [5, 5.41) is 10.6. The van der Waals surface area contributed by atoms with Gasteiger partial charge in [-0.25, -0.2) is 4.68 Å². The van der Waals surface area contributed by atoms with Gasteiger partial charge < -0.3 is 5.32 Å². The van der Waals surface area contributed by atoms with Crippen molar-refractivity contribution in [2.24, 2.45) is 0 Å². The first-order valence-electron chi connectivity index (χ1n) is 9.01. The van der Waals surface area contributed by atoms with Crippen molar-refractivity contribution >= 4 is 23.5 Å². The summed E-state index contributed by atoms with van der Waals surface area (Å²) in [6.07, 6.45) is 2.51. The van der Waals surface area contributed by atoms with Crippen molar-refractivity contribution in [3.8, 4) is 0 Å². The highest BCUT2D eigenvalue weighted by Crippen LogP contribution is 2.33. The van der Waals surface area contributed by atoms with Crippen molar-refractivity contribution in [1.82, 2.24) is 14.8 Å². The van der Waals surface area contributed by atoms with Crippen molar-refractivity contribution in [2.45, 2.75) is 26.3 Å². The molecular weight excluding hydrogens is 338 g/mol. The van der Waals surface area contributed by atoms with Crippen LogP contribution < -0.4 is 10.6 Å². The van der Waals surface area contributed by atoms with E-state index in [0.717, 1.165) is 16.8 Å². The lowest BCUT2D eigenvalue weighted by molar-refractivity contribution is -0.115. The van der Waals surface area contributed by atoms with Gasteiger partial charge in [0.2, 0.25) is 11.9 Å². The van der Waals surface area contributed by atoms with Gasteiger partial charge in [-0.1, -0.05) is 67.1 Å². The van der Waals surface area contributed by atoms with Gasteiger partial charge in [0.15, 0.2) is 0 Å². The average molecular weight is 359 g/mol. The smallest absolute Gasteiger partial charge is 0.250 e. The predicted octanol–water partition coefficient (Wildman–Crippen LogP) is 3.99. The summed E-state index contributed by atoms with van der Waals surface area (Å²) < 4.78 is 1.81. The van der Waals surface area contributed by atoms with E-state index in [1.54, 1.807) is 6.92 Å². The number of carbonyl (C=O) groups excluding carboxylic acids is 1. The normalized spacial score (nSPS) is 15.5. The Kier molecular flexibility index (Phi) is 4.46. The third kappa shape index (κ3) is 3.46. The number of amides is 1. The van der Waals surface area contributed by atoms with E-state index in [-0.39, 0.29) is 11.9 Å². The highest BCUT2D eigenvalue weighted by atomic mass is 16.1. The molecule has 1 aliphatic rings. The van der Waals surface area contributed by atoms with E-state index >= 15 is 0 Å². The third-order valence-corrected chi connectivity index (χ3v) is 4.54. The predicted molar refractivity (Wildman–Crippen MR) is 106 cm³/mol. The second-order valence-corrected chi connectivity index (χ2v) is 6.53. The molecule has 0 saturated heterocycles. The first kappa shape index (κ1) is 17.0. The summed E-state index contributed by atoms with van der Waals surface area (Å²) in [5.41, 5.74) is 4.35. The van der Waals surface area contributed by atoms with Crippen LogP contribution in [0, 0.1) is 6.92 Å². The second kappa shape index (κ2) is 7.07. The number of hydrogen-bond acceptors (Lipinski definition) is 4. The summed E-state index contributed by atoms with van der Waals surface area (Å²) in [6.45, 7) is 3.87. The van der Waals surface area contributed by atoms with Crippen LogP contribution in [-0.4, -0.2) is 20.7 Å². The Labute approximate surface area is 157 Å². The standard InChI is InChI=1S/C21H21N5O/c1-3-19(27)23-20-24-21-22-17(15-7-5-4-6-8-15)13-18(26(21)25-20)16-11-9-14(2)10-12-16/h4-13,18H,3H2,1-2H3,(H2,22,23,24,25,27)/t18-/m0/s1. The first-order valence-corrected chi connectivity index (χ1v) is 9.01. The molecule has 0 spiro atoms. The summed E-state index contributed by atoms with van der Waals surface area (Å²) >= 11 is 0. The van der Waals surface area contributed by atoms with E-state index in [2.05, 4.69) is 70.1 Å². The first-order chi connectivity index (χ1) is 13.1. The minimum atomic E-state index is -0.114. The van der Waals surface area contributed by atoms with Gasteiger partial charge in [-0.15, -0.1) is 5.10 Å². The molecule has 2 N–H and O–H groups in total. The molecule has 0 fully saturated rings. The van der Waals surface area contributed by atoms with Gasteiger partial charge in [-0.2, -0.15) is 4.98 Å². The number of allylic oxidation sites excluding steroid dienone is 1. The fourth-order valence-corrected chi connectivity index (χ4v) is 3.05. The van der Waals surface area contributed by atoms with E-state index in [1.165, 1.54) is 5.56 Å². The van der Waals surface area contributed by atoms with Crippen LogP contribution in [0.5, 0.6) is 0 Å². The van der Waals surface area contributed by atoms with Crippen molar-refractivity contribution in [2.75, 3.05) is 10.6 Å². The molecule has 6 heteroatoms. The van der Waals surface area contributed by atoms with Gasteiger partial charge in [-0.3, -0.25) is 10.1 Å². The Hall–Kier alpha value is -3.41. The number of nitrogens with zero attached hydrogens (tertiary/aromatic N) is 3.